The first kappa shape index (κ1) is 25.8. The minimum absolute atomic E-state index is 0.576. The Morgan fingerprint density at radius 3 is 1.77 bits per heavy atom. The fourth-order valence-corrected chi connectivity index (χ4v) is 7.19. The molecule has 6 aromatic carbocycles. The van der Waals surface area contributed by atoms with Crippen LogP contribution < -0.4 is 0 Å². The Labute approximate surface area is 270 Å². The third kappa shape index (κ3) is 3.90. The molecule has 3 aromatic heterocycles. The van der Waals surface area contributed by atoms with Gasteiger partial charge in [0.15, 0.2) is 11.6 Å². The van der Waals surface area contributed by atoms with Gasteiger partial charge in [0.25, 0.3) is 0 Å². The van der Waals surface area contributed by atoms with Crippen molar-refractivity contribution in [3.8, 4) is 62.2 Å². The lowest BCUT2D eigenvalue weighted by Crippen LogP contribution is -2.06. The van der Waals surface area contributed by atoms with Gasteiger partial charge in [0, 0.05) is 33.7 Å². The number of benzene rings is 6. The largest absolute Gasteiger partial charge is 0.278 e. The molecule has 0 radical (unpaired) electrons. The highest BCUT2D eigenvalue weighted by molar-refractivity contribution is 6.30. The maximum absolute atomic E-state index is 5.19. The molecule has 0 N–H and O–H groups in total. The Morgan fingerprint density at radius 1 is 0.404 bits per heavy atom. The quantitative estimate of drug-likeness (QED) is 0.202. The number of hydrogen-bond acceptors (Lipinski definition) is 4. The smallest absolute Gasteiger partial charge is 0.238 e. The van der Waals surface area contributed by atoms with Crippen LogP contribution in [0.5, 0.6) is 0 Å². The molecular weight excluding hydrogens is 574 g/mol. The van der Waals surface area contributed by atoms with Gasteiger partial charge in [-0.25, -0.2) is 4.98 Å². The molecule has 0 bridgehead atoms. The number of nitrogens with zero attached hydrogens (tertiary/aromatic N) is 5. The van der Waals surface area contributed by atoms with E-state index in [0.717, 1.165) is 33.4 Å². The first-order chi connectivity index (χ1) is 23.3. The highest BCUT2D eigenvalue weighted by Crippen LogP contribution is 2.50. The van der Waals surface area contributed by atoms with Gasteiger partial charge in [-0.3, -0.25) is 9.55 Å². The molecule has 1 aliphatic carbocycles. The van der Waals surface area contributed by atoms with E-state index in [4.69, 9.17) is 19.9 Å². The van der Waals surface area contributed by atoms with Crippen LogP contribution in [0.25, 0.3) is 94.8 Å². The summed E-state index contributed by atoms with van der Waals surface area (Å²) in [6.45, 7) is 0. The van der Waals surface area contributed by atoms with Crippen LogP contribution in [0.15, 0.2) is 152 Å². The lowest BCUT2D eigenvalue weighted by molar-refractivity contribution is 0.953. The van der Waals surface area contributed by atoms with Crippen molar-refractivity contribution in [2.75, 3.05) is 0 Å². The van der Waals surface area contributed by atoms with Gasteiger partial charge in [-0.2, -0.15) is 9.97 Å². The maximum atomic E-state index is 5.19. The molecule has 9 aromatic rings. The fourth-order valence-electron chi connectivity index (χ4n) is 7.19. The minimum atomic E-state index is 0.576. The van der Waals surface area contributed by atoms with Gasteiger partial charge in [-0.05, 0) is 63.4 Å². The van der Waals surface area contributed by atoms with Crippen LogP contribution in [0.1, 0.15) is 0 Å². The zero-order valence-corrected chi connectivity index (χ0v) is 25.2. The monoisotopic (exact) mass is 599 g/mol. The molecule has 5 nitrogen and oxygen atoms in total. The van der Waals surface area contributed by atoms with Gasteiger partial charge in [0.1, 0.15) is 0 Å². The SMILES string of the molecule is c1ccc(-c2nc(-c3ccccc3)nc(-n3c4cc(-c5ccccn5)cc5c4c4c6c(cccc6ccc43)-c3ccccc3-5)n2)cc1. The first-order valence-corrected chi connectivity index (χ1v) is 15.7. The normalized spacial score (nSPS) is 11.8. The second-order valence-electron chi connectivity index (χ2n) is 11.9. The summed E-state index contributed by atoms with van der Waals surface area (Å²) >= 11 is 0. The molecule has 0 fully saturated rings. The third-order valence-corrected chi connectivity index (χ3v) is 9.23. The number of aromatic nitrogens is 5. The van der Waals surface area contributed by atoms with Crippen molar-refractivity contribution >= 4 is 32.6 Å². The highest BCUT2D eigenvalue weighted by atomic mass is 15.2. The first-order valence-electron chi connectivity index (χ1n) is 15.7. The van der Waals surface area contributed by atoms with Gasteiger partial charge in [0.05, 0.1) is 16.7 Å². The molecule has 1 aliphatic rings. The molecule has 0 unspecified atom stereocenters. The van der Waals surface area contributed by atoms with Crippen LogP contribution in [-0.2, 0) is 0 Å². The summed E-state index contributed by atoms with van der Waals surface area (Å²) in [5.74, 6) is 1.83. The summed E-state index contributed by atoms with van der Waals surface area (Å²) < 4.78 is 2.23. The van der Waals surface area contributed by atoms with E-state index in [1.165, 1.54) is 43.8 Å². The summed E-state index contributed by atoms with van der Waals surface area (Å²) in [5.41, 5.74) is 10.7. The van der Waals surface area contributed by atoms with E-state index in [0.29, 0.717) is 17.6 Å². The van der Waals surface area contributed by atoms with E-state index < -0.39 is 0 Å². The van der Waals surface area contributed by atoms with Gasteiger partial charge in [-0.15, -0.1) is 0 Å². The molecular formula is C42H25N5. The molecule has 218 valence electrons. The van der Waals surface area contributed by atoms with Crippen LogP contribution in [0.2, 0.25) is 0 Å². The van der Waals surface area contributed by atoms with Crippen LogP contribution in [-0.4, -0.2) is 24.5 Å². The summed E-state index contributed by atoms with van der Waals surface area (Å²) in [7, 11) is 0. The summed E-state index contributed by atoms with van der Waals surface area (Å²) in [5, 5.41) is 4.84. The van der Waals surface area contributed by atoms with Gasteiger partial charge in [-0.1, -0.05) is 115 Å². The highest BCUT2D eigenvalue weighted by Gasteiger charge is 2.27. The number of pyridine rings is 1. The van der Waals surface area contributed by atoms with Crippen molar-refractivity contribution in [3.63, 3.8) is 0 Å². The summed E-state index contributed by atoms with van der Waals surface area (Å²) in [4.78, 5) is 20.1. The van der Waals surface area contributed by atoms with Crippen molar-refractivity contribution in [3.05, 3.63) is 152 Å². The summed E-state index contributed by atoms with van der Waals surface area (Å²) in [6, 6.07) is 50.7. The van der Waals surface area contributed by atoms with Crippen LogP contribution >= 0.6 is 0 Å². The van der Waals surface area contributed by atoms with Crippen molar-refractivity contribution in [2.45, 2.75) is 0 Å². The van der Waals surface area contributed by atoms with E-state index >= 15 is 0 Å². The van der Waals surface area contributed by atoms with Crippen molar-refractivity contribution in [1.29, 1.82) is 0 Å². The van der Waals surface area contributed by atoms with E-state index in [2.05, 4.69) is 77.4 Å². The van der Waals surface area contributed by atoms with Crippen molar-refractivity contribution in [2.24, 2.45) is 0 Å². The van der Waals surface area contributed by atoms with Crippen molar-refractivity contribution < 1.29 is 0 Å². The molecule has 0 saturated carbocycles. The standard InChI is InChI=1S/C42H25N5/c1-3-12-27(13-4-1)40-44-41(28-14-5-2-6-15-28)46-42(45-40)47-35-22-21-26-16-11-19-32-30-17-7-8-18-31(30)33-24-29(34-20-9-10-23-43-34)25-36(47)38(33)39(35)37(26)32/h1-25H. The van der Waals surface area contributed by atoms with E-state index in [1.807, 2.05) is 79.0 Å². The lowest BCUT2D eigenvalue weighted by Gasteiger charge is -2.15. The molecule has 0 amide bonds. The number of fused-ring (bicyclic) bond motifs is 3. The molecule has 5 heteroatoms. The zero-order chi connectivity index (χ0) is 30.9. The molecule has 10 rings (SSSR count). The Kier molecular flexibility index (Phi) is 5.51. The van der Waals surface area contributed by atoms with E-state index in [-0.39, 0.29) is 0 Å². The van der Waals surface area contributed by atoms with Gasteiger partial charge >= 0.3 is 0 Å². The average Bonchev–Trinajstić information content (AvgIpc) is 3.43. The van der Waals surface area contributed by atoms with Crippen LogP contribution in [0.3, 0.4) is 0 Å². The molecule has 3 heterocycles. The Hall–Kier alpha value is -6.46. The summed E-state index contributed by atoms with van der Waals surface area (Å²) in [6.07, 6.45) is 1.85. The predicted molar refractivity (Wildman–Crippen MR) is 190 cm³/mol. The maximum Gasteiger partial charge on any atom is 0.238 e. The number of rotatable bonds is 4. The minimum Gasteiger partial charge on any atom is -0.278 e. The van der Waals surface area contributed by atoms with Crippen molar-refractivity contribution in [1.82, 2.24) is 24.5 Å². The van der Waals surface area contributed by atoms with E-state index in [1.54, 1.807) is 0 Å². The topological polar surface area (TPSA) is 56.5 Å². The van der Waals surface area contributed by atoms with Gasteiger partial charge in [0.2, 0.25) is 5.95 Å². The van der Waals surface area contributed by atoms with Crippen LogP contribution in [0, 0.1) is 0 Å². The Bertz CT molecular complexity index is 2600. The fraction of sp³-hybridized carbons (Fsp3) is 0. The third-order valence-electron chi connectivity index (χ3n) is 9.23. The molecule has 47 heavy (non-hydrogen) atoms. The molecule has 0 atom stereocenters. The van der Waals surface area contributed by atoms with E-state index in [9.17, 15) is 0 Å². The predicted octanol–water partition coefficient (Wildman–Crippen LogP) is 10.2. The molecule has 0 aliphatic heterocycles. The average molecular weight is 600 g/mol. The van der Waals surface area contributed by atoms with Crippen LogP contribution in [0.4, 0.5) is 0 Å². The molecule has 0 saturated heterocycles. The second kappa shape index (κ2) is 10.0. The zero-order valence-electron chi connectivity index (χ0n) is 25.2. The number of hydrogen-bond donors (Lipinski definition) is 0. The Morgan fingerprint density at radius 2 is 1.06 bits per heavy atom. The Balaban J connectivity index is 1.40. The van der Waals surface area contributed by atoms with Gasteiger partial charge < -0.3 is 0 Å². The molecule has 0 spiro atoms. The second-order valence-corrected chi connectivity index (χ2v) is 11.9. The lowest BCUT2D eigenvalue weighted by atomic mass is 9.92.